The molecule has 8 heteroatoms. The van der Waals surface area contributed by atoms with Gasteiger partial charge in [0.2, 0.25) is 0 Å². The van der Waals surface area contributed by atoms with Gasteiger partial charge in [-0.3, -0.25) is 4.79 Å². The van der Waals surface area contributed by atoms with Crippen LogP contribution >= 0.6 is 0 Å². The minimum Gasteiger partial charge on any atom is -0.453 e. The van der Waals surface area contributed by atoms with E-state index < -0.39 is 52.0 Å². The summed E-state index contributed by atoms with van der Waals surface area (Å²) in [5.41, 5.74) is -1.16. The predicted octanol–water partition coefficient (Wildman–Crippen LogP) is 7.66. The quantitative estimate of drug-likeness (QED) is 0.243. The monoisotopic (exact) mass is 456 g/mol. The normalized spacial score (nSPS) is 18.3. The molecule has 1 aliphatic rings. The molecule has 0 spiro atoms. The highest BCUT2D eigenvalue weighted by Crippen LogP contribution is 2.38. The van der Waals surface area contributed by atoms with Crippen LogP contribution in [0.5, 0.6) is 5.75 Å². The Morgan fingerprint density at radius 1 is 0.938 bits per heavy atom. The summed E-state index contributed by atoms with van der Waals surface area (Å²) >= 11 is 0. The molecule has 0 aliphatic heterocycles. The Balaban J connectivity index is 1.84. The van der Waals surface area contributed by atoms with Gasteiger partial charge in [0.15, 0.2) is 29.4 Å². The highest BCUT2D eigenvalue weighted by atomic mass is 19.3. The topological polar surface area (TPSA) is 26.3 Å². The first-order chi connectivity index (χ1) is 15.2. The van der Waals surface area contributed by atoms with Crippen molar-refractivity contribution in [3.8, 4) is 5.75 Å². The Morgan fingerprint density at radius 2 is 1.50 bits per heavy atom. The van der Waals surface area contributed by atoms with Gasteiger partial charge in [-0.1, -0.05) is 19.8 Å². The third kappa shape index (κ3) is 5.34. The first kappa shape index (κ1) is 23.9. The standard InChI is InChI=1S/C24H22F6O2/c1-2-3-13-4-6-14(7-5-13)15-8-17(25)22(18(26)9-15)23(31)16-10-19(27)24(20(28)11-16)32-12-21(29)30/h8-14H,2-7H2,1H3. The van der Waals surface area contributed by atoms with E-state index in [4.69, 9.17) is 0 Å². The number of ether oxygens (including phenoxy) is 1. The van der Waals surface area contributed by atoms with Crippen molar-refractivity contribution in [2.75, 3.05) is 0 Å². The Morgan fingerprint density at radius 3 is 2.00 bits per heavy atom. The number of hydrogen-bond donors (Lipinski definition) is 0. The maximum Gasteiger partial charge on any atom is 0.305 e. The minimum atomic E-state index is -2.33. The fourth-order valence-electron chi connectivity index (χ4n) is 4.29. The zero-order valence-electron chi connectivity index (χ0n) is 17.4. The first-order valence-corrected chi connectivity index (χ1v) is 10.4. The van der Waals surface area contributed by atoms with Crippen LogP contribution in [0.15, 0.2) is 36.6 Å². The lowest BCUT2D eigenvalue weighted by molar-refractivity contribution is 0.103. The van der Waals surface area contributed by atoms with Crippen molar-refractivity contribution in [1.29, 1.82) is 0 Å². The molecule has 3 rings (SSSR count). The maximum absolute atomic E-state index is 14.7. The van der Waals surface area contributed by atoms with E-state index in [2.05, 4.69) is 11.7 Å². The second-order valence-electron chi connectivity index (χ2n) is 7.99. The van der Waals surface area contributed by atoms with Crippen molar-refractivity contribution in [2.45, 2.75) is 51.4 Å². The number of benzene rings is 2. The van der Waals surface area contributed by atoms with Crippen LogP contribution in [-0.2, 0) is 0 Å². The van der Waals surface area contributed by atoms with Gasteiger partial charge in [0, 0.05) is 5.56 Å². The van der Waals surface area contributed by atoms with Crippen LogP contribution in [0.2, 0.25) is 0 Å². The summed E-state index contributed by atoms with van der Waals surface area (Å²) in [4.78, 5) is 12.6. The van der Waals surface area contributed by atoms with Crippen LogP contribution in [0.3, 0.4) is 0 Å². The first-order valence-electron chi connectivity index (χ1n) is 10.4. The summed E-state index contributed by atoms with van der Waals surface area (Å²) in [6.07, 6.45) is 3.24. The molecule has 172 valence electrons. The van der Waals surface area contributed by atoms with Crippen LogP contribution in [-0.4, -0.2) is 5.78 Å². The summed E-state index contributed by atoms with van der Waals surface area (Å²) in [6, 6.07) is 3.15. The molecule has 1 saturated carbocycles. The molecule has 1 fully saturated rings. The lowest BCUT2D eigenvalue weighted by Gasteiger charge is -2.28. The summed E-state index contributed by atoms with van der Waals surface area (Å²) in [5, 5.41) is 0. The largest absolute Gasteiger partial charge is 0.453 e. The highest BCUT2D eigenvalue weighted by Gasteiger charge is 2.27. The molecule has 0 bridgehead atoms. The van der Waals surface area contributed by atoms with Crippen molar-refractivity contribution < 1.29 is 35.9 Å². The Bertz CT molecular complexity index is 975. The van der Waals surface area contributed by atoms with Gasteiger partial charge < -0.3 is 4.74 Å². The molecule has 2 aromatic rings. The molecule has 0 atom stereocenters. The van der Waals surface area contributed by atoms with E-state index in [0.29, 0.717) is 23.6 Å². The van der Waals surface area contributed by atoms with Gasteiger partial charge in [-0.25, -0.2) is 17.6 Å². The third-order valence-electron chi connectivity index (χ3n) is 5.83. The number of rotatable bonds is 7. The molecular formula is C24H22F6O2. The molecule has 0 saturated heterocycles. The van der Waals surface area contributed by atoms with E-state index in [1.54, 1.807) is 0 Å². The molecule has 0 aromatic heterocycles. The van der Waals surface area contributed by atoms with E-state index in [-0.39, 0.29) is 12.2 Å². The number of ketones is 1. The van der Waals surface area contributed by atoms with Crippen molar-refractivity contribution in [1.82, 2.24) is 0 Å². The highest BCUT2D eigenvalue weighted by molar-refractivity contribution is 6.09. The smallest absolute Gasteiger partial charge is 0.305 e. The molecule has 2 aromatic carbocycles. The van der Waals surface area contributed by atoms with Gasteiger partial charge in [0.25, 0.3) is 0 Å². The molecule has 2 nitrogen and oxygen atoms in total. The number of carbonyl (C=O) groups is 1. The number of carbonyl (C=O) groups excluding carboxylic acids is 1. The average Bonchev–Trinajstić information content (AvgIpc) is 2.73. The zero-order chi connectivity index (χ0) is 23.4. The van der Waals surface area contributed by atoms with Gasteiger partial charge in [-0.15, -0.1) is 0 Å². The fraction of sp³-hybridized carbons (Fsp3) is 0.375. The van der Waals surface area contributed by atoms with E-state index in [1.807, 2.05) is 0 Å². The van der Waals surface area contributed by atoms with Crippen LogP contribution in [0, 0.1) is 29.2 Å². The van der Waals surface area contributed by atoms with E-state index in [0.717, 1.165) is 50.7 Å². The van der Waals surface area contributed by atoms with Crippen LogP contribution in [0.1, 0.15) is 72.9 Å². The molecular weight excluding hydrogens is 434 g/mol. The zero-order valence-corrected chi connectivity index (χ0v) is 17.4. The Hall–Kier alpha value is -2.77. The van der Waals surface area contributed by atoms with Crippen LogP contribution in [0.25, 0.3) is 0 Å². The number of hydrogen-bond acceptors (Lipinski definition) is 2. The molecule has 32 heavy (non-hydrogen) atoms. The second kappa shape index (κ2) is 10.2. The lowest BCUT2D eigenvalue weighted by atomic mass is 9.77. The average molecular weight is 456 g/mol. The SMILES string of the molecule is CCCC1CCC(c2cc(F)c(C(=O)c3cc(F)c(OC=C(F)F)c(F)c3)c(F)c2)CC1. The molecule has 1 aliphatic carbocycles. The van der Waals surface area contributed by atoms with E-state index >= 15 is 0 Å². The van der Waals surface area contributed by atoms with Crippen LogP contribution < -0.4 is 4.74 Å². The Labute approximate surface area is 181 Å². The minimum absolute atomic E-state index is 0.0217. The maximum atomic E-state index is 14.7. The third-order valence-corrected chi connectivity index (χ3v) is 5.83. The molecule has 0 radical (unpaired) electrons. The summed E-state index contributed by atoms with van der Waals surface area (Å²) in [6.45, 7) is 2.12. The van der Waals surface area contributed by atoms with Crippen molar-refractivity contribution >= 4 is 5.78 Å². The van der Waals surface area contributed by atoms with Crippen molar-refractivity contribution in [3.05, 3.63) is 76.6 Å². The summed E-state index contributed by atoms with van der Waals surface area (Å²) in [5.74, 6) is -7.01. The van der Waals surface area contributed by atoms with Gasteiger partial charge in [-0.2, -0.15) is 8.78 Å². The van der Waals surface area contributed by atoms with Gasteiger partial charge >= 0.3 is 6.08 Å². The molecule has 0 heterocycles. The molecule has 0 N–H and O–H groups in total. The predicted molar refractivity (Wildman–Crippen MR) is 107 cm³/mol. The van der Waals surface area contributed by atoms with Gasteiger partial charge in [-0.05, 0) is 67.3 Å². The second-order valence-corrected chi connectivity index (χ2v) is 7.99. The van der Waals surface area contributed by atoms with Crippen LogP contribution in [0.4, 0.5) is 26.3 Å². The van der Waals surface area contributed by atoms with E-state index in [1.165, 1.54) is 0 Å². The van der Waals surface area contributed by atoms with Crippen molar-refractivity contribution in [2.24, 2.45) is 5.92 Å². The summed E-state index contributed by atoms with van der Waals surface area (Å²) in [7, 11) is 0. The van der Waals surface area contributed by atoms with E-state index in [9.17, 15) is 31.1 Å². The lowest BCUT2D eigenvalue weighted by Crippen LogP contribution is -2.15. The van der Waals surface area contributed by atoms with Gasteiger partial charge in [0.1, 0.15) is 11.6 Å². The summed E-state index contributed by atoms with van der Waals surface area (Å²) < 4.78 is 85.9. The van der Waals surface area contributed by atoms with Crippen molar-refractivity contribution in [3.63, 3.8) is 0 Å². The molecule has 0 unspecified atom stereocenters. The number of halogens is 6. The fourth-order valence-corrected chi connectivity index (χ4v) is 4.29. The molecule has 0 amide bonds. The Kier molecular flexibility index (Phi) is 7.64. The van der Waals surface area contributed by atoms with Gasteiger partial charge in [0.05, 0.1) is 5.56 Å².